The van der Waals surface area contributed by atoms with Gasteiger partial charge < -0.3 is 10.4 Å². The van der Waals surface area contributed by atoms with Crippen LogP contribution in [0.3, 0.4) is 0 Å². The minimum atomic E-state index is -4.90. The molecular weight excluding hydrogens is 351 g/mol. The quantitative estimate of drug-likeness (QED) is 0.815. The number of hydrogen-bond acceptors (Lipinski definition) is 3. The molecule has 26 heavy (non-hydrogen) atoms. The predicted octanol–water partition coefficient (Wildman–Crippen LogP) is 3.72. The number of benzene rings is 1. The van der Waals surface area contributed by atoms with E-state index in [0.29, 0.717) is 28.9 Å². The van der Waals surface area contributed by atoms with Gasteiger partial charge in [-0.2, -0.15) is 18.3 Å². The molecule has 1 saturated carbocycles. The molecule has 0 spiro atoms. The Hall–Kier alpha value is -2.84. The van der Waals surface area contributed by atoms with Gasteiger partial charge in [0.2, 0.25) is 5.91 Å². The van der Waals surface area contributed by atoms with Crippen molar-refractivity contribution in [1.82, 2.24) is 9.78 Å². The van der Waals surface area contributed by atoms with Crippen LogP contribution < -0.4 is 5.32 Å². The van der Waals surface area contributed by atoms with E-state index < -0.39 is 23.4 Å². The summed E-state index contributed by atoms with van der Waals surface area (Å²) in [6, 6.07) is 5.69. The Kier molecular flexibility index (Phi) is 4.71. The smallest absolute Gasteiger partial charge is 0.434 e. The number of amides is 1. The number of anilines is 1. The van der Waals surface area contributed by atoms with Crippen molar-refractivity contribution in [2.45, 2.75) is 31.9 Å². The molecule has 1 aliphatic carbocycles. The fraction of sp³-hybridized carbons (Fsp3) is 0.353. The Morgan fingerprint density at radius 3 is 2.65 bits per heavy atom. The number of aromatic nitrogens is 2. The van der Waals surface area contributed by atoms with Crippen molar-refractivity contribution in [3.63, 3.8) is 0 Å². The second-order valence-corrected chi connectivity index (χ2v) is 6.20. The molecule has 1 aromatic heterocycles. The van der Waals surface area contributed by atoms with E-state index in [2.05, 4.69) is 10.4 Å². The lowest BCUT2D eigenvalue weighted by Crippen LogP contribution is -2.17. The molecule has 0 atom stereocenters. The van der Waals surface area contributed by atoms with E-state index >= 15 is 0 Å². The number of hydrogen-bond donors (Lipinski definition) is 2. The molecule has 0 radical (unpaired) electrons. The Bertz CT molecular complexity index is 841. The molecular formula is C17H16F3N3O3. The molecule has 1 heterocycles. The third kappa shape index (κ3) is 4.04. The summed E-state index contributed by atoms with van der Waals surface area (Å²) in [6.45, 7) is 0. The van der Waals surface area contributed by atoms with Crippen LogP contribution in [-0.2, 0) is 11.0 Å². The average molecular weight is 367 g/mol. The minimum absolute atomic E-state index is 0.00446. The lowest BCUT2D eigenvalue weighted by molar-refractivity contribution is -0.143. The Balaban J connectivity index is 1.85. The van der Waals surface area contributed by atoms with Gasteiger partial charge in [0.25, 0.3) is 0 Å². The number of alkyl halides is 3. The van der Waals surface area contributed by atoms with Crippen LogP contribution in [0.5, 0.6) is 0 Å². The van der Waals surface area contributed by atoms with Crippen LogP contribution in [0.2, 0.25) is 0 Å². The van der Waals surface area contributed by atoms with Gasteiger partial charge in [-0.05, 0) is 30.5 Å². The van der Waals surface area contributed by atoms with E-state index in [9.17, 15) is 22.8 Å². The standard InChI is InChI=1S/C17H16F3N3O3/c18-17(19,20)15-13(16(25)26)9-21-23(15)12-3-1-2-11(8-12)22-14(24)7-6-10-4-5-10/h1-3,8-10H,4-7H2,(H,22,24)(H,25,26). The summed E-state index contributed by atoms with van der Waals surface area (Å²) in [7, 11) is 0. The molecule has 6 nitrogen and oxygen atoms in total. The minimum Gasteiger partial charge on any atom is -0.478 e. The van der Waals surface area contributed by atoms with Gasteiger partial charge >= 0.3 is 12.1 Å². The number of rotatable bonds is 6. The van der Waals surface area contributed by atoms with Gasteiger partial charge in [0.05, 0.1) is 11.9 Å². The summed E-state index contributed by atoms with van der Waals surface area (Å²) in [5, 5.41) is 15.2. The molecule has 138 valence electrons. The van der Waals surface area contributed by atoms with Gasteiger partial charge in [0.15, 0.2) is 5.69 Å². The summed E-state index contributed by atoms with van der Waals surface area (Å²) < 4.78 is 40.4. The van der Waals surface area contributed by atoms with Gasteiger partial charge in [-0.15, -0.1) is 0 Å². The maximum atomic E-state index is 13.3. The number of nitrogens with one attached hydrogen (secondary N) is 1. The molecule has 1 fully saturated rings. The molecule has 0 bridgehead atoms. The lowest BCUT2D eigenvalue weighted by atomic mass is 10.2. The third-order valence-electron chi connectivity index (χ3n) is 4.12. The maximum absolute atomic E-state index is 13.3. The lowest BCUT2D eigenvalue weighted by Gasteiger charge is -2.13. The highest BCUT2D eigenvalue weighted by Gasteiger charge is 2.40. The van der Waals surface area contributed by atoms with Crippen LogP contribution in [0.4, 0.5) is 18.9 Å². The largest absolute Gasteiger partial charge is 0.478 e. The number of carbonyl (C=O) groups is 2. The van der Waals surface area contributed by atoms with Crippen LogP contribution >= 0.6 is 0 Å². The van der Waals surface area contributed by atoms with Crippen molar-refractivity contribution in [3.8, 4) is 5.69 Å². The fourth-order valence-electron chi connectivity index (χ4n) is 2.65. The molecule has 0 unspecified atom stereocenters. The Labute approximate surface area is 146 Å². The highest BCUT2D eigenvalue weighted by Crippen LogP contribution is 2.34. The highest BCUT2D eigenvalue weighted by atomic mass is 19.4. The molecule has 0 aliphatic heterocycles. The van der Waals surface area contributed by atoms with Gasteiger partial charge in [0, 0.05) is 12.1 Å². The zero-order chi connectivity index (χ0) is 18.9. The van der Waals surface area contributed by atoms with E-state index in [1.807, 2.05) is 0 Å². The topological polar surface area (TPSA) is 84.2 Å². The Morgan fingerprint density at radius 1 is 1.31 bits per heavy atom. The molecule has 3 rings (SSSR count). The van der Waals surface area contributed by atoms with E-state index in [4.69, 9.17) is 5.11 Å². The van der Waals surface area contributed by atoms with Crippen molar-refractivity contribution in [2.75, 3.05) is 5.32 Å². The molecule has 2 N–H and O–H groups in total. The third-order valence-corrected chi connectivity index (χ3v) is 4.12. The van der Waals surface area contributed by atoms with Crippen molar-refractivity contribution in [2.24, 2.45) is 5.92 Å². The van der Waals surface area contributed by atoms with Crippen molar-refractivity contribution in [1.29, 1.82) is 0 Å². The number of carboxylic acid groups (broad SMARTS) is 1. The van der Waals surface area contributed by atoms with E-state index in [1.54, 1.807) is 6.07 Å². The summed E-state index contributed by atoms with van der Waals surface area (Å²) >= 11 is 0. The van der Waals surface area contributed by atoms with Crippen molar-refractivity contribution in [3.05, 3.63) is 41.7 Å². The van der Waals surface area contributed by atoms with E-state index in [0.717, 1.165) is 19.3 Å². The first-order valence-electron chi connectivity index (χ1n) is 8.04. The SMILES string of the molecule is O=C(CCC1CC1)Nc1cccc(-n2ncc(C(=O)O)c2C(F)(F)F)c1. The number of halogens is 3. The van der Waals surface area contributed by atoms with Gasteiger partial charge in [-0.25, -0.2) is 9.48 Å². The molecule has 9 heteroatoms. The van der Waals surface area contributed by atoms with Crippen molar-refractivity contribution < 1.29 is 27.9 Å². The van der Waals surface area contributed by atoms with Gasteiger partial charge in [-0.1, -0.05) is 18.9 Å². The summed E-state index contributed by atoms with van der Waals surface area (Å²) in [5.41, 5.74) is -1.98. The molecule has 1 amide bonds. The van der Waals surface area contributed by atoms with E-state index in [1.165, 1.54) is 18.2 Å². The first-order chi connectivity index (χ1) is 12.3. The molecule has 0 saturated heterocycles. The zero-order valence-corrected chi connectivity index (χ0v) is 13.6. The average Bonchev–Trinajstić information content (AvgIpc) is 3.26. The number of carboxylic acids is 1. The van der Waals surface area contributed by atoms with Crippen LogP contribution in [0, 0.1) is 5.92 Å². The van der Waals surface area contributed by atoms with Crippen molar-refractivity contribution >= 4 is 17.6 Å². The highest BCUT2D eigenvalue weighted by molar-refractivity contribution is 5.91. The first-order valence-corrected chi connectivity index (χ1v) is 8.04. The van der Waals surface area contributed by atoms with Crippen LogP contribution in [-0.4, -0.2) is 26.8 Å². The number of aromatic carboxylic acids is 1. The van der Waals surface area contributed by atoms with Gasteiger partial charge in [-0.3, -0.25) is 4.79 Å². The zero-order valence-electron chi connectivity index (χ0n) is 13.6. The molecule has 2 aromatic rings. The summed E-state index contributed by atoms with van der Waals surface area (Å²) in [4.78, 5) is 23.0. The Morgan fingerprint density at radius 2 is 2.04 bits per heavy atom. The summed E-state index contributed by atoms with van der Waals surface area (Å²) in [5.74, 6) is -1.33. The predicted molar refractivity (Wildman–Crippen MR) is 86.1 cm³/mol. The second-order valence-electron chi connectivity index (χ2n) is 6.20. The normalized spacial score (nSPS) is 14.3. The molecule has 1 aliphatic rings. The van der Waals surface area contributed by atoms with Gasteiger partial charge in [0.1, 0.15) is 5.56 Å². The molecule has 1 aromatic carbocycles. The number of nitrogens with zero attached hydrogens (tertiary/aromatic N) is 2. The first kappa shape index (κ1) is 18.0. The second kappa shape index (κ2) is 6.81. The van der Waals surface area contributed by atoms with Crippen LogP contribution in [0.1, 0.15) is 41.7 Å². The van der Waals surface area contributed by atoms with Crippen LogP contribution in [0.25, 0.3) is 5.69 Å². The van der Waals surface area contributed by atoms with E-state index in [-0.39, 0.29) is 11.6 Å². The fourth-order valence-corrected chi connectivity index (χ4v) is 2.65. The maximum Gasteiger partial charge on any atom is 0.434 e. The monoisotopic (exact) mass is 367 g/mol. The van der Waals surface area contributed by atoms with Crippen LogP contribution in [0.15, 0.2) is 30.5 Å². The summed E-state index contributed by atoms with van der Waals surface area (Å²) in [6.07, 6.45) is -0.819. The number of carbonyl (C=O) groups excluding carboxylic acids is 1.